The first-order chi connectivity index (χ1) is 9.22. The maximum atomic E-state index is 12.2. The van der Waals surface area contributed by atoms with Gasteiger partial charge in [-0.25, -0.2) is 0 Å². The molecular weight excluding hydrogens is 240 g/mol. The minimum atomic E-state index is -0.181. The fourth-order valence-corrected chi connectivity index (χ4v) is 2.92. The predicted octanol–water partition coefficient (Wildman–Crippen LogP) is 1.32. The van der Waals surface area contributed by atoms with E-state index >= 15 is 0 Å². The molecule has 102 valence electrons. The lowest BCUT2D eigenvalue weighted by Gasteiger charge is -2.26. The Hall–Kier alpha value is -1.39. The van der Waals surface area contributed by atoms with Crippen LogP contribution in [0.4, 0.5) is 0 Å². The van der Waals surface area contributed by atoms with E-state index < -0.39 is 0 Å². The van der Waals surface area contributed by atoms with E-state index in [2.05, 4.69) is 10.6 Å². The summed E-state index contributed by atoms with van der Waals surface area (Å²) in [6.07, 6.45) is 3.15. The van der Waals surface area contributed by atoms with Crippen LogP contribution in [0.5, 0.6) is 0 Å². The van der Waals surface area contributed by atoms with Crippen LogP contribution in [0.3, 0.4) is 0 Å². The van der Waals surface area contributed by atoms with Gasteiger partial charge in [0.1, 0.15) is 0 Å². The third kappa shape index (κ3) is 2.80. The van der Waals surface area contributed by atoms with Crippen molar-refractivity contribution in [1.29, 1.82) is 0 Å². The van der Waals surface area contributed by atoms with Gasteiger partial charge in [-0.15, -0.1) is 0 Å². The van der Waals surface area contributed by atoms with E-state index in [-0.39, 0.29) is 18.1 Å². The molecule has 1 aromatic carbocycles. The number of hydrogen-bond acceptors (Lipinski definition) is 3. The summed E-state index contributed by atoms with van der Waals surface area (Å²) in [4.78, 5) is 12.2. The first-order valence-corrected chi connectivity index (χ1v) is 7.04. The molecule has 3 rings (SSSR count). The zero-order valence-electron chi connectivity index (χ0n) is 11.0. The normalized spacial score (nSPS) is 25.9. The molecule has 3 N–H and O–H groups in total. The van der Waals surface area contributed by atoms with Gasteiger partial charge in [-0.05, 0) is 48.9 Å². The van der Waals surface area contributed by atoms with Gasteiger partial charge in [-0.1, -0.05) is 6.07 Å². The van der Waals surface area contributed by atoms with Gasteiger partial charge in [-0.2, -0.15) is 0 Å². The first-order valence-electron chi connectivity index (χ1n) is 7.04. The van der Waals surface area contributed by atoms with Gasteiger partial charge in [0.05, 0.1) is 6.10 Å². The summed E-state index contributed by atoms with van der Waals surface area (Å²) in [6.45, 7) is 1.75. The van der Waals surface area contributed by atoms with Gasteiger partial charge in [0.25, 0.3) is 5.91 Å². The van der Waals surface area contributed by atoms with Crippen LogP contribution in [-0.4, -0.2) is 23.2 Å². The van der Waals surface area contributed by atoms with Crippen molar-refractivity contribution in [2.75, 3.05) is 0 Å². The molecule has 1 heterocycles. The van der Waals surface area contributed by atoms with Crippen LogP contribution in [0.25, 0.3) is 0 Å². The Bertz CT molecular complexity index is 479. The number of benzene rings is 1. The van der Waals surface area contributed by atoms with Crippen molar-refractivity contribution >= 4 is 5.91 Å². The summed E-state index contributed by atoms with van der Waals surface area (Å²) in [5.41, 5.74) is 3.26. The third-order valence-electron chi connectivity index (χ3n) is 4.13. The molecule has 1 aromatic rings. The molecule has 0 atom stereocenters. The lowest BCUT2D eigenvalue weighted by molar-refractivity contribution is 0.0867. The van der Waals surface area contributed by atoms with Gasteiger partial charge >= 0.3 is 0 Å². The molecule has 1 amide bonds. The number of amides is 1. The molecule has 0 unspecified atom stereocenters. The number of fused-ring (bicyclic) bond motifs is 1. The Morgan fingerprint density at radius 3 is 2.68 bits per heavy atom. The lowest BCUT2D eigenvalue weighted by atomic mass is 9.93. The Kier molecular flexibility index (Phi) is 3.53. The molecule has 1 saturated carbocycles. The maximum absolute atomic E-state index is 12.2. The molecule has 0 spiro atoms. The smallest absolute Gasteiger partial charge is 0.251 e. The Labute approximate surface area is 113 Å². The number of aliphatic hydroxyl groups excluding tert-OH is 1. The van der Waals surface area contributed by atoms with Crippen molar-refractivity contribution in [3.63, 3.8) is 0 Å². The SMILES string of the molecule is O=C(NC1CCC(O)CC1)c1ccc2c(c1)CNC2. The summed E-state index contributed by atoms with van der Waals surface area (Å²) in [5, 5.41) is 15.8. The van der Waals surface area contributed by atoms with Gasteiger partial charge < -0.3 is 15.7 Å². The highest BCUT2D eigenvalue weighted by molar-refractivity contribution is 5.94. The van der Waals surface area contributed by atoms with Gasteiger partial charge in [0.15, 0.2) is 0 Å². The zero-order valence-corrected chi connectivity index (χ0v) is 11.0. The number of nitrogens with one attached hydrogen (secondary N) is 2. The predicted molar refractivity (Wildman–Crippen MR) is 72.7 cm³/mol. The average molecular weight is 260 g/mol. The van der Waals surface area contributed by atoms with Crippen LogP contribution in [0.15, 0.2) is 18.2 Å². The highest BCUT2D eigenvalue weighted by Crippen LogP contribution is 2.20. The molecule has 1 aliphatic heterocycles. The second-order valence-corrected chi connectivity index (χ2v) is 5.57. The highest BCUT2D eigenvalue weighted by atomic mass is 16.3. The Morgan fingerprint density at radius 1 is 1.16 bits per heavy atom. The van der Waals surface area contributed by atoms with E-state index in [0.717, 1.165) is 44.3 Å². The van der Waals surface area contributed by atoms with E-state index in [1.807, 2.05) is 18.2 Å². The molecule has 1 fully saturated rings. The first kappa shape index (κ1) is 12.6. The summed E-state index contributed by atoms with van der Waals surface area (Å²) in [7, 11) is 0. The number of hydrogen-bond donors (Lipinski definition) is 3. The van der Waals surface area contributed by atoms with E-state index in [1.165, 1.54) is 11.1 Å². The summed E-state index contributed by atoms with van der Waals surface area (Å²) >= 11 is 0. The summed E-state index contributed by atoms with van der Waals surface area (Å²) < 4.78 is 0. The van der Waals surface area contributed by atoms with Gasteiger partial charge in [0, 0.05) is 24.7 Å². The largest absolute Gasteiger partial charge is 0.393 e. The summed E-state index contributed by atoms with van der Waals surface area (Å²) in [5.74, 6) is 0.0103. The van der Waals surface area contributed by atoms with Crippen LogP contribution >= 0.6 is 0 Å². The van der Waals surface area contributed by atoms with Gasteiger partial charge in [0.2, 0.25) is 0 Å². The molecule has 2 aliphatic rings. The standard InChI is InChI=1S/C15H20N2O2/c18-14-5-3-13(4-6-14)17-15(19)10-1-2-11-8-16-9-12(11)7-10/h1-2,7,13-14,16,18H,3-6,8-9H2,(H,17,19). The van der Waals surface area contributed by atoms with Crippen molar-refractivity contribution in [3.8, 4) is 0 Å². The second-order valence-electron chi connectivity index (χ2n) is 5.57. The van der Waals surface area contributed by atoms with Gasteiger partial charge in [-0.3, -0.25) is 4.79 Å². The quantitative estimate of drug-likeness (QED) is 0.751. The van der Waals surface area contributed by atoms with Crippen LogP contribution in [0.1, 0.15) is 47.2 Å². The Morgan fingerprint density at radius 2 is 1.89 bits per heavy atom. The molecule has 1 aliphatic carbocycles. The van der Waals surface area contributed by atoms with Crippen molar-refractivity contribution in [2.24, 2.45) is 0 Å². The van der Waals surface area contributed by atoms with E-state index in [1.54, 1.807) is 0 Å². The zero-order chi connectivity index (χ0) is 13.2. The van der Waals surface area contributed by atoms with E-state index in [4.69, 9.17) is 0 Å². The fourth-order valence-electron chi connectivity index (χ4n) is 2.92. The topological polar surface area (TPSA) is 61.4 Å². The molecule has 4 nitrogen and oxygen atoms in total. The number of carbonyl (C=O) groups excluding carboxylic acids is 1. The number of aliphatic hydroxyl groups is 1. The number of carbonyl (C=O) groups is 1. The van der Waals surface area contributed by atoms with Crippen molar-refractivity contribution in [1.82, 2.24) is 10.6 Å². The molecule has 0 saturated heterocycles. The average Bonchev–Trinajstić information content (AvgIpc) is 2.88. The van der Waals surface area contributed by atoms with Crippen molar-refractivity contribution < 1.29 is 9.90 Å². The molecule has 0 bridgehead atoms. The van der Waals surface area contributed by atoms with Crippen molar-refractivity contribution in [3.05, 3.63) is 34.9 Å². The second kappa shape index (κ2) is 5.31. The molecule has 19 heavy (non-hydrogen) atoms. The molecule has 0 radical (unpaired) electrons. The number of rotatable bonds is 2. The third-order valence-corrected chi connectivity index (χ3v) is 4.13. The lowest BCUT2D eigenvalue weighted by Crippen LogP contribution is -2.38. The van der Waals surface area contributed by atoms with E-state index in [9.17, 15) is 9.90 Å². The monoisotopic (exact) mass is 260 g/mol. The molecule has 0 aromatic heterocycles. The minimum absolute atomic E-state index is 0.0103. The van der Waals surface area contributed by atoms with Crippen LogP contribution in [-0.2, 0) is 13.1 Å². The van der Waals surface area contributed by atoms with Crippen LogP contribution in [0.2, 0.25) is 0 Å². The Balaban J connectivity index is 1.64. The fraction of sp³-hybridized carbons (Fsp3) is 0.533. The molecular formula is C15H20N2O2. The van der Waals surface area contributed by atoms with Crippen LogP contribution < -0.4 is 10.6 Å². The van der Waals surface area contributed by atoms with Crippen molar-refractivity contribution in [2.45, 2.75) is 50.9 Å². The highest BCUT2D eigenvalue weighted by Gasteiger charge is 2.21. The summed E-state index contributed by atoms with van der Waals surface area (Å²) in [6, 6.07) is 6.14. The maximum Gasteiger partial charge on any atom is 0.251 e. The van der Waals surface area contributed by atoms with Crippen LogP contribution in [0, 0.1) is 0 Å². The van der Waals surface area contributed by atoms with E-state index in [0.29, 0.717) is 0 Å². The molecule has 4 heteroatoms. The minimum Gasteiger partial charge on any atom is -0.393 e.